The molecule has 2 N–H and O–H groups in total. The summed E-state index contributed by atoms with van der Waals surface area (Å²) in [4.78, 5) is 11.8. The molecule has 0 saturated heterocycles. The Morgan fingerprint density at radius 3 is 2.38 bits per heavy atom. The van der Waals surface area contributed by atoms with Crippen LogP contribution in [0.25, 0.3) is 0 Å². The lowest BCUT2D eigenvalue weighted by Crippen LogP contribution is -2.34. The fourth-order valence-electron chi connectivity index (χ4n) is 1.70. The maximum Gasteiger partial charge on any atom is 0.416 e. The number of hydrogen-bond donors (Lipinski definition) is 2. The number of carbonyl (C=O) groups is 1. The van der Waals surface area contributed by atoms with Crippen molar-refractivity contribution in [3.8, 4) is 0 Å². The molecule has 1 aromatic carbocycles. The smallest absolute Gasteiger partial charge is 0.396 e. The van der Waals surface area contributed by atoms with Crippen LogP contribution in [0.15, 0.2) is 18.2 Å². The van der Waals surface area contributed by atoms with Crippen LogP contribution in [0.2, 0.25) is 0 Å². The van der Waals surface area contributed by atoms with Gasteiger partial charge in [0.1, 0.15) is 5.82 Å². The van der Waals surface area contributed by atoms with Gasteiger partial charge < -0.3 is 10.4 Å². The third-order valence-corrected chi connectivity index (χ3v) is 3.00. The Balaban J connectivity index is 2.86. The van der Waals surface area contributed by atoms with E-state index in [-0.39, 0.29) is 18.7 Å². The lowest BCUT2D eigenvalue weighted by Gasteiger charge is -2.23. The quantitative estimate of drug-likeness (QED) is 0.822. The van der Waals surface area contributed by atoms with E-state index in [1.165, 1.54) is 0 Å². The highest BCUT2D eigenvalue weighted by atomic mass is 19.4. The first-order chi connectivity index (χ1) is 9.55. The molecule has 0 atom stereocenters. The molecule has 0 unspecified atom stereocenters. The van der Waals surface area contributed by atoms with Crippen molar-refractivity contribution in [2.24, 2.45) is 5.41 Å². The van der Waals surface area contributed by atoms with Gasteiger partial charge in [0.05, 0.1) is 5.56 Å². The second kappa shape index (κ2) is 6.43. The molecular weight excluding hydrogens is 290 g/mol. The van der Waals surface area contributed by atoms with E-state index in [4.69, 9.17) is 5.11 Å². The van der Waals surface area contributed by atoms with Crippen molar-refractivity contribution in [2.75, 3.05) is 13.2 Å². The Morgan fingerprint density at radius 2 is 1.86 bits per heavy atom. The first-order valence-corrected chi connectivity index (χ1v) is 6.32. The third kappa shape index (κ3) is 5.34. The van der Waals surface area contributed by atoms with E-state index in [0.29, 0.717) is 18.6 Å². The summed E-state index contributed by atoms with van der Waals surface area (Å²) in [5.41, 5.74) is -2.01. The zero-order chi connectivity index (χ0) is 16.3. The van der Waals surface area contributed by atoms with E-state index in [1.807, 2.05) is 0 Å². The number of alkyl halides is 3. The topological polar surface area (TPSA) is 49.3 Å². The molecule has 0 aliphatic heterocycles. The van der Waals surface area contributed by atoms with Gasteiger partial charge in [-0.1, -0.05) is 13.8 Å². The van der Waals surface area contributed by atoms with Crippen molar-refractivity contribution >= 4 is 5.91 Å². The molecular formula is C14H17F4NO2. The normalized spacial score (nSPS) is 12.3. The van der Waals surface area contributed by atoms with Gasteiger partial charge in [0.2, 0.25) is 0 Å². The van der Waals surface area contributed by atoms with Gasteiger partial charge in [0.15, 0.2) is 0 Å². The molecule has 0 bridgehead atoms. The number of aliphatic hydroxyl groups excluding tert-OH is 1. The Morgan fingerprint density at radius 1 is 1.24 bits per heavy atom. The fourth-order valence-corrected chi connectivity index (χ4v) is 1.70. The number of rotatable bonds is 5. The number of carbonyl (C=O) groups excluding carboxylic acids is 1. The summed E-state index contributed by atoms with van der Waals surface area (Å²) in [6.07, 6.45) is -4.29. The summed E-state index contributed by atoms with van der Waals surface area (Å²) in [5.74, 6) is -1.91. The fraction of sp³-hybridized carbons (Fsp3) is 0.500. The molecule has 1 rings (SSSR count). The van der Waals surface area contributed by atoms with Gasteiger partial charge >= 0.3 is 6.18 Å². The second-order valence-electron chi connectivity index (χ2n) is 5.55. The average molecular weight is 307 g/mol. The first kappa shape index (κ1) is 17.4. The monoisotopic (exact) mass is 307 g/mol. The van der Waals surface area contributed by atoms with E-state index >= 15 is 0 Å². The summed E-state index contributed by atoms with van der Waals surface area (Å²) >= 11 is 0. The molecule has 0 heterocycles. The van der Waals surface area contributed by atoms with Crippen LogP contribution < -0.4 is 5.32 Å². The van der Waals surface area contributed by atoms with Crippen LogP contribution in [0, 0.1) is 11.2 Å². The minimum atomic E-state index is -4.71. The van der Waals surface area contributed by atoms with Gasteiger partial charge in [-0.25, -0.2) is 4.39 Å². The van der Waals surface area contributed by atoms with E-state index in [2.05, 4.69) is 5.32 Å². The molecule has 3 nitrogen and oxygen atoms in total. The van der Waals surface area contributed by atoms with Crippen LogP contribution >= 0.6 is 0 Å². The number of aliphatic hydroxyl groups is 1. The molecule has 1 aromatic rings. The average Bonchev–Trinajstić information content (AvgIpc) is 2.34. The summed E-state index contributed by atoms with van der Waals surface area (Å²) < 4.78 is 50.9. The molecule has 1 amide bonds. The second-order valence-corrected chi connectivity index (χ2v) is 5.55. The third-order valence-electron chi connectivity index (χ3n) is 3.00. The van der Waals surface area contributed by atoms with Crippen molar-refractivity contribution in [3.05, 3.63) is 35.1 Å². The SMILES string of the molecule is CC(C)(CCO)CNC(=O)c1cc(F)cc(C(F)(F)F)c1. The highest BCUT2D eigenvalue weighted by Crippen LogP contribution is 2.30. The van der Waals surface area contributed by atoms with Crippen molar-refractivity contribution in [1.82, 2.24) is 5.32 Å². The summed E-state index contributed by atoms with van der Waals surface area (Å²) in [5, 5.41) is 11.3. The predicted octanol–water partition coefficient (Wildman–Crippen LogP) is 2.98. The van der Waals surface area contributed by atoms with Crippen molar-refractivity contribution < 1.29 is 27.5 Å². The molecule has 118 valence electrons. The zero-order valence-corrected chi connectivity index (χ0v) is 11.7. The number of halogens is 4. The van der Waals surface area contributed by atoms with Gasteiger partial charge in [-0.15, -0.1) is 0 Å². The Hall–Kier alpha value is -1.63. The van der Waals surface area contributed by atoms with Crippen LogP contribution in [0.4, 0.5) is 17.6 Å². The minimum absolute atomic E-state index is 0.0684. The van der Waals surface area contributed by atoms with Crippen LogP contribution in [-0.4, -0.2) is 24.2 Å². The molecule has 0 aliphatic carbocycles. The maximum atomic E-state index is 13.2. The van der Waals surface area contributed by atoms with Crippen molar-refractivity contribution in [3.63, 3.8) is 0 Å². The number of hydrogen-bond acceptors (Lipinski definition) is 2. The van der Waals surface area contributed by atoms with Crippen LogP contribution in [-0.2, 0) is 6.18 Å². The van der Waals surface area contributed by atoms with Gasteiger partial charge in [0.25, 0.3) is 5.91 Å². The lowest BCUT2D eigenvalue weighted by molar-refractivity contribution is -0.137. The molecule has 0 spiro atoms. The van der Waals surface area contributed by atoms with Crippen LogP contribution in [0.5, 0.6) is 0 Å². The highest BCUT2D eigenvalue weighted by molar-refractivity contribution is 5.94. The molecule has 21 heavy (non-hydrogen) atoms. The summed E-state index contributed by atoms with van der Waals surface area (Å²) in [6, 6.07) is 1.70. The van der Waals surface area contributed by atoms with Gasteiger partial charge in [-0.3, -0.25) is 4.79 Å². The molecule has 0 saturated carbocycles. The Kier molecular flexibility index (Phi) is 5.33. The predicted molar refractivity (Wildman–Crippen MR) is 69.2 cm³/mol. The molecule has 0 radical (unpaired) electrons. The van der Waals surface area contributed by atoms with Crippen molar-refractivity contribution in [1.29, 1.82) is 0 Å². The van der Waals surface area contributed by atoms with Crippen LogP contribution in [0.3, 0.4) is 0 Å². The standard InChI is InChI=1S/C14H17F4NO2/c1-13(2,3-4-20)8-19-12(21)9-5-10(14(16,17)18)7-11(15)6-9/h5-7,20H,3-4,8H2,1-2H3,(H,19,21). The first-order valence-electron chi connectivity index (χ1n) is 6.32. The van der Waals surface area contributed by atoms with Gasteiger partial charge in [-0.05, 0) is 30.0 Å². The van der Waals surface area contributed by atoms with E-state index in [9.17, 15) is 22.4 Å². The van der Waals surface area contributed by atoms with E-state index in [1.54, 1.807) is 13.8 Å². The maximum absolute atomic E-state index is 13.2. The number of benzene rings is 1. The highest BCUT2D eigenvalue weighted by Gasteiger charge is 2.32. The molecule has 0 fully saturated rings. The van der Waals surface area contributed by atoms with E-state index in [0.717, 1.165) is 6.07 Å². The Labute approximate surface area is 120 Å². The Bertz CT molecular complexity index is 512. The van der Waals surface area contributed by atoms with Crippen LogP contribution in [0.1, 0.15) is 36.2 Å². The summed E-state index contributed by atoms with van der Waals surface area (Å²) in [6.45, 7) is 3.66. The summed E-state index contributed by atoms with van der Waals surface area (Å²) in [7, 11) is 0. The van der Waals surface area contributed by atoms with Crippen molar-refractivity contribution in [2.45, 2.75) is 26.4 Å². The minimum Gasteiger partial charge on any atom is -0.396 e. The number of amides is 1. The zero-order valence-electron chi connectivity index (χ0n) is 11.7. The lowest BCUT2D eigenvalue weighted by atomic mass is 9.89. The van der Waals surface area contributed by atoms with E-state index < -0.39 is 28.9 Å². The van der Waals surface area contributed by atoms with Gasteiger partial charge in [0, 0.05) is 18.7 Å². The molecule has 0 aromatic heterocycles. The number of nitrogens with one attached hydrogen (secondary N) is 1. The largest absolute Gasteiger partial charge is 0.416 e. The van der Waals surface area contributed by atoms with Gasteiger partial charge in [-0.2, -0.15) is 13.2 Å². The molecule has 0 aliphatic rings. The molecule has 7 heteroatoms.